The number of benzene rings is 2. The van der Waals surface area contributed by atoms with E-state index in [1.807, 2.05) is 48.2 Å². The fourth-order valence-corrected chi connectivity index (χ4v) is 3.76. The van der Waals surface area contributed by atoms with Crippen LogP contribution in [0.5, 0.6) is 5.75 Å². The molecule has 30 heavy (non-hydrogen) atoms. The number of fused-ring (bicyclic) bond motifs is 1. The Hall–Kier alpha value is -3.55. The first-order valence-electron chi connectivity index (χ1n) is 10.1. The summed E-state index contributed by atoms with van der Waals surface area (Å²) < 4.78 is 7.04. The molecule has 1 fully saturated rings. The topological polar surface area (TPSA) is 79.7 Å². The van der Waals surface area contributed by atoms with Gasteiger partial charge in [-0.2, -0.15) is 0 Å². The molecule has 1 N–H and O–H groups in total. The average molecular weight is 407 g/mol. The van der Waals surface area contributed by atoms with Crippen molar-refractivity contribution in [2.45, 2.75) is 13.5 Å². The van der Waals surface area contributed by atoms with E-state index in [2.05, 4.69) is 10.3 Å². The van der Waals surface area contributed by atoms with E-state index in [1.54, 1.807) is 28.7 Å². The minimum absolute atomic E-state index is 0.0943. The Morgan fingerprint density at radius 2 is 1.77 bits per heavy atom. The number of aryl methyl sites for hydroxylation is 1. The number of nitrogens with one attached hydrogen (secondary N) is 1. The molecule has 0 bridgehead atoms. The van der Waals surface area contributed by atoms with Gasteiger partial charge in [0.25, 0.3) is 5.56 Å². The van der Waals surface area contributed by atoms with E-state index in [0.29, 0.717) is 50.0 Å². The first-order chi connectivity index (χ1) is 14.6. The monoisotopic (exact) mass is 407 g/mol. The largest absolute Gasteiger partial charge is 0.495 e. The molecule has 0 atom stereocenters. The highest BCUT2D eigenvalue weighted by molar-refractivity contribution is 5.91. The second kappa shape index (κ2) is 8.44. The Morgan fingerprint density at radius 3 is 2.50 bits per heavy atom. The van der Waals surface area contributed by atoms with Crippen molar-refractivity contribution in [3.8, 4) is 5.75 Å². The zero-order chi connectivity index (χ0) is 21.1. The normalized spacial score (nSPS) is 14.1. The Balaban J connectivity index is 1.49. The fourth-order valence-electron chi connectivity index (χ4n) is 3.76. The van der Waals surface area contributed by atoms with Crippen molar-refractivity contribution < 1.29 is 9.53 Å². The molecule has 0 radical (unpaired) electrons. The zero-order valence-electron chi connectivity index (χ0n) is 17.2. The molecule has 156 valence electrons. The summed E-state index contributed by atoms with van der Waals surface area (Å²) in [5, 5.41) is 2.90. The van der Waals surface area contributed by atoms with Crippen LogP contribution in [0.3, 0.4) is 0 Å². The molecule has 0 saturated carbocycles. The molecule has 8 heteroatoms. The number of ether oxygens (including phenoxy) is 1. The zero-order valence-corrected chi connectivity index (χ0v) is 17.2. The van der Waals surface area contributed by atoms with Crippen LogP contribution >= 0.6 is 0 Å². The highest BCUT2D eigenvalue weighted by atomic mass is 16.5. The molecule has 2 heterocycles. The molecular weight excluding hydrogens is 382 g/mol. The highest BCUT2D eigenvalue weighted by Crippen LogP contribution is 2.23. The number of aromatic nitrogens is 2. The number of urea groups is 1. The van der Waals surface area contributed by atoms with Crippen molar-refractivity contribution in [2.75, 3.05) is 43.5 Å². The summed E-state index contributed by atoms with van der Waals surface area (Å²) in [6.07, 6.45) is 0. The number of hydrogen-bond donors (Lipinski definition) is 1. The van der Waals surface area contributed by atoms with Gasteiger partial charge in [0, 0.05) is 32.7 Å². The second-order valence-electron chi connectivity index (χ2n) is 7.08. The van der Waals surface area contributed by atoms with Gasteiger partial charge in [-0.15, -0.1) is 0 Å². The molecule has 2 amide bonds. The van der Waals surface area contributed by atoms with Crippen LogP contribution in [0.4, 0.5) is 16.3 Å². The van der Waals surface area contributed by atoms with Gasteiger partial charge in [-0.05, 0) is 31.2 Å². The Labute approximate surface area is 174 Å². The summed E-state index contributed by atoms with van der Waals surface area (Å²) in [7, 11) is 1.57. The van der Waals surface area contributed by atoms with Crippen LogP contribution in [0.15, 0.2) is 53.3 Å². The first-order valence-corrected chi connectivity index (χ1v) is 10.1. The molecule has 4 rings (SSSR count). The number of anilines is 2. The van der Waals surface area contributed by atoms with Gasteiger partial charge in [0.1, 0.15) is 5.75 Å². The fraction of sp³-hybridized carbons (Fsp3) is 0.318. The number of piperazine rings is 1. The highest BCUT2D eigenvalue weighted by Gasteiger charge is 2.25. The van der Waals surface area contributed by atoms with Crippen molar-refractivity contribution in [3.63, 3.8) is 0 Å². The molecule has 0 aliphatic carbocycles. The van der Waals surface area contributed by atoms with Crippen molar-refractivity contribution in [1.29, 1.82) is 0 Å². The van der Waals surface area contributed by atoms with Crippen LogP contribution in [0.1, 0.15) is 6.92 Å². The van der Waals surface area contributed by atoms with Crippen molar-refractivity contribution in [2.24, 2.45) is 0 Å². The summed E-state index contributed by atoms with van der Waals surface area (Å²) in [5.41, 5.74) is 2.17. The van der Waals surface area contributed by atoms with E-state index < -0.39 is 0 Å². The quantitative estimate of drug-likeness (QED) is 0.719. The molecule has 1 aliphatic heterocycles. The molecule has 1 aromatic heterocycles. The van der Waals surface area contributed by atoms with Crippen LogP contribution in [0.25, 0.3) is 11.0 Å². The Bertz CT molecular complexity index is 1120. The van der Waals surface area contributed by atoms with Gasteiger partial charge in [-0.25, -0.2) is 9.78 Å². The number of carbonyl (C=O) groups is 1. The van der Waals surface area contributed by atoms with E-state index >= 15 is 0 Å². The Morgan fingerprint density at radius 1 is 1.07 bits per heavy atom. The van der Waals surface area contributed by atoms with E-state index in [1.165, 1.54) is 0 Å². The lowest BCUT2D eigenvalue weighted by Crippen LogP contribution is -2.51. The maximum Gasteiger partial charge on any atom is 0.322 e. The predicted molar refractivity (Wildman–Crippen MR) is 117 cm³/mol. The number of nitrogens with zero attached hydrogens (tertiary/aromatic N) is 4. The molecule has 1 aliphatic rings. The van der Waals surface area contributed by atoms with E-state index in [4.69, 9.17) is 4.74 Å². The summed E-state index contributed by atoms with van der Waals surface area (Å²) in [6.45, 7) is 4.63. The van der Waals surface area contributed by atoms with E-state index in [-0.39, 0.29) is 11.6 Å². The van der Waals surface area contributed by atoms with Gasteiger partial charge in [0.05, 0.1) is 23.8 Å². The molecule has 8 nitrogen and oxygen atoms in total. The third-order valence-corrected chi connectivity index (χ3v) is 5.37. The lowest BCUT2D eigenvalue weighted by atomic mass is 10.2. The number of amides is 2. The standard InChI is InChI=1S/C22H25N5O3/c1-3-27-18-10-6-4-8-16(18)23-20(21(27)28)25-12-14-26(15-13-25)22(29)24-17-9-5-7-11-19(17)30-2/h4-11H,3,12-15H2,1-2H3,(H,24,29). The van der Waals surface area contributed by atoms with Crippen LogP contribution in [-0.2, 0) is 6.54 Å². The SMILES string of the molecule is CCn1c(=O)c(N2CCN(C(=O)Nc3ccccc3OC)CC2)nc2ccccc21. The molecule has 3 aromatic rings. The predicted octanol–water partition coefficient (Wildman–Crippen LogP) is 2.78. The van der Waals surface area contributed by atoms with Crippen LogP contribution in [-0.4, -0.2) is 53.8 Å². The molecule has 2 aromatic carbocycles. The van der Waals surface area contributed by atoms with Gasteiger partial charge in [-0.3, -0.25) is 4.79 Å². The summed E-state index contributed by atoms with van der Waals surface area (Å²) in [6, 6.07) is 14.8. The lowest BCUT2D eigenvalue weighted by molar-refractivity contribution is 0.208. The van der Waals surface area contributed by atoms with Gasteiger partial charge >= 0.3 is 6.03 Å². The Kier molecular flexibility index (Phi) is 5.56. The number of carbonyl (C=O) groups excluding carboxylic acids is 1. The van der Waals surface area contributed by atoms with Gasteiger partial charge < -0.3 is 24.4 Å². The van der Waals surface area contributed by atoms with Crippen LogP contribution in [0.2, 0.25) is 0 Å². The molecule has 1 saturated heterocycles. The van der Waals surface area contributed by atoms with Crippen molar-refractivity contribution in [1.82, 2.24) is 14.5 Å². The summed E-state index contributed by atoms with van der Waals surface area (Å²) in [5.74, 6) is 1.06. The minimum Gasteiger partial charge on any atom is -0.495 e. The third kappa shape index (κ3) is 3.68. The maximum absolute atomic E-state index is 13.0. The number of methoxy groups -OCH3 is 1. The second-order valence-corrected chi connectivity index (χ2v) is 7.08. The third-order valence-electron chi connectivity index (χ3n) is 5.37. The van der Waals surface area contributed by atoms with E-state index in [0.717, 1.165) is 11.0 Å². The number of para-hydroxylation sites is 4. The average Bonchev–Trinajstić information content (AvgIpc) is 2.79. The van der Waals surface area contributed by atoms with Crippen molar-refractivity contribution >= 4 is 28.6 Å². The molecular formula is C22H25N5O3. The molecule has 0 unspecified atom stereocenters. The van der Waals surface area contributed by atoms with E-state index in [9.17, 15) is 9.59 Å². The smallest absolute Gasteiger partial charge is 0.322 e. The first kappa shape index (κ1) is 19.8. The van der Waals surface area contributed by atoms with Crippen LogP contribution < -0.4 is 20.5 Å². The van der Waals surface area contributed by atoms with Crippen molar-refractivity contribution in [3.05, 3.63) is 58.9 Å². The van der Waals surface area contributed by atoms with Gasteiger partial charge in [-0.1, -0.05) is 24.3 Å². The number of hydrogen-bond acceptors (Lipinski definition) is 5. The van der Waals surface area contributed by atoms with Crippen LogP contribution in [0, 0.1) is 0 Å². The maximum atomic E-state index is 13.0. The van der Waals surface area contributed by atoms with Gasteiger partial charge in [0.15, 0.2) is 5.82 Å². The lowest BCUT2D eigenvalue weighted by Gasteiger charge is -2.35. The van der Waals surface area contributed by atoms with Gasteiger partial charge in [0.2, 0.25) is 0 Å². The molecule has 0 spiro atoms. The number of rotatable bonds is 4. The minimum atomic E-state index is -0.184. The summed E-state index contributed by atoms with van der Waals surface area (Å²) >= 11 is 0. The summed E-state index contributed by atoms with van der Waals surface area (Å²) in [4.78, 5) is 34.0.